The van der Waals surface area contributed by atoms with E-state index in [4.69, 9.17) is 10.2 Å². The Hall–Kier alpha value is -1.53. The van der Waals surface area contributed by atoms with Crippen LogP contribution in [0.1, 0.15) is 27.2 Å². The molecule has 2 aliphatic rings. The van der Waals surface area contributed by atoms with Crippen LogP contribution in [0.4, 0.5) is 0 Å². The standard InChI is InChI=1S/C19H28N2O2Si/c1-19(2,3)24(4,5)23-16-12-10-8-6-7-9-11-15-17(16)21(14-13-20)18(15)22/h6,8,15-17H,11,13-14,20H2,1-5H3/b8-6-/t15-,16-,17+/m1/s1. The van der Waals surface area contributed by atoms with Crippen LogP contribution >= 0.6 is 0 Å². The van der Waals surface area contributed by atoms with Crippen molar-refractivity contribution in [3.05, 3.63) is 12.2 Å². The third-order valence-corrected chi connectivity index (χ3v) is 9.64. The van der Waals surface area contributed by atoms with E-state index in [0.717, 1.165) is 0 Å². The number of rotatable bonds is 4. The van der Waals surface area contributed by atoms with Crippen LogP contribution in [0.3, 0.4) is 0 Å². The van der Waals surface area contributed by atoms with Gasteiger partial charge in [0.15, 0.2) is 8.32 Å². The Morgan fingerprint density at radius 1 is 1.33 bits per heavy atom. The van der Waals surface area contributed by atoms with Crippen LogP contribution in [0.25, 0.3) is 0 Å². The lowest BCUT2D eigenvalue weighted by Crippen LogP contribution is -2.67. The van der Waals surface area contributed by atoms with Crippen LogP contribution in [0, 0.1) is 29.6 Å². The predicted molar refractivity (Wildman–Crippen MR) is 99.4 cm³/mol. The number of amides is 1. The highest BCUT2D eigenvalue weighted by molar-refractivity contribution is 6.74. The summed E-state index contributed by atoms with van der Waals surface area (Å²) in [6.45, 7) is 12.0. The van der Waals surface area contributed by atoms with Crippen LogP contribution in [0.2, 0.25) is 18.1 Å². The number of nitrogens with two attached hydrogens (primary N) is 1. The molecule has 1 fully saturated rings. The van der Waals surface area contributed by atoms with Crippen LogP contribution in [-0.4, -0.2) is 44.4 Å². The van der Waals surface area contributed by atoms with E-state index in [2.05, 4.69) is 57.5 Å². The summed E-state index contributed by atoms with van der Waals surface area (Å²) >= 11 is 0. The molecule has 0 aromatic rings. The van der Waals surface area contributed by atoms with Crippen LogP contribution in [0.5, 0.6) is 0 Å². The van der Waals surface area contributed by atoms with E-state index in [1.54, 1.807) is 12.2 Å². The Balaban J connectivity index is 2.34. The number of hydrogen-bond acceptors (Lipinski definition) is 3. The van der Waals surface area contributed by atoms with Gasteiger partial charge in [-0.25, -0.2) is 0 Å². The molecule has 0 aromatic carbocycles. The largest absolute Gasteiger partial charge is 0.401 e. The minimum atomic E-state index is -2.00. The summed E-state index contributed by atoms with van der Waals surface area (Å²) in [6, 6.07) is -0.0523. The summed E-state index contributed by atoms with van der Waals surface area (Å²) in [5, 5.41) is 0.0849. The van der Waals surface area contributed by atoms with Gasteiger partial charge in [-0.05, 0) is 30.3 Å². The first-order valence-electron chi connectivity index (χ1n) is 8.52. The van der Waals surface area contributed by atoms with Gasteiger partial charge in [-0.3, -0.25) is 4.79 Å². The lowest BCUT2D eigenvalue weighted by molar-refractivity contribution is -0.160. The zero-order valence-electron chi connectivity index (χ0n) is 15.3. The minimum absolute atomic E-state index is 0.0523. The van der Waals surface area contributed by atoms with Gasteiger partial charge in [-0.1, -0.05) is 44.5 Å². The summed E-state index contributed by atoms with van der Waals surface area (Å²) in [4.78, 5) is 14.3. The topological polar surface area (TPSA) is 55.6 Å². The fraction of sp³-hybridized carbons (Fsp3) is 0.632. The molecule has 2 N–H and O–H groups in total. The highest BCUT2D eigenvalue weighted by Gasteiger charge is 2.52. The maximum Gasteiger partial charge on any atom is 0.229 e. The molecular weight excluding hydrogens is 316 g/mol. The van der Waals surface area contributed by atoms with E-state index in [1.807, 2.05) is 4.90 Å². The number of fused-ring (bicyclic) bond motifs is 1. The fourth-order valence-electron chi connectivity index (χ4n) is 2.74. The number of likely N-dealkylation sites (tertiary alicyclic amines) is 1. The molecule has 4 nitrogen and oxygen atoms in total. The SMILES string of the molecule is CC(C)(C)[Si](C)(C)O[C@@H]1C#C/C=C\C#CC[C@H]2C(=O)N(CCN)[C@H]12. The van der Waals surface area contributed by atoms with Crippen molar-refractivity contribution in [1.29, 1.82) is 0 Å². The highest BCUT2D eigenvalue weighted by Crippen LogP contribution is 2.40. The van der Waals surface area contributed by atoms with Crippen molar-refractivity contribution in [2.45, 2.75) is 57.5 Å². The van der Waals surface area contributed by atoms with Gasteiger partial charge in [0, 0.05) is 19.5 Å². The average molecular weight is 345 g/mol. The molecule has 0 spiro atoms. The van der Waals surface area contributed by atoms with E-state index >= 15 is 0 Å². The molecule has 0 aromatic heterocycles. The van der Waals surface area contributed by atoms with Gasteiger partial charge in [-0.2, -0.15) is 0 Å². The van der Waals surface area contributed by atoms with E-state index < -0.39 is 8.32 Å². The first kappa shape index (κ1) is 18.8. The second kappa shape index (κ2) is 7.15. The maximum atomic E-state index is 12.4. The van der Waals surface area contributed by atoms with Crippen molar-refractivity contribution in [2.75, 3.05) is 13.1 Å². The third-order valence-electron chi connectivity index (χ3n) is 5.18. The molecular formula is C19H28N2O2Si. The molecule has 0 saturated carbocycles. The van der Waals surface area contributed by atoms with Gasteiger partial charge in [-0.15, -0.1) is 0 Å². The zero-order valence-corrected chi connectivity index (χ0v) is 16.3. The molecule has 0 radical (unpaired) electrons. The Labute approximate surface area is 146 Å². The van der Waals surface area contributed by atoms with Crippen molar-refractivity contribution >= 4 is 14.2 Å². The van der Waals surface area contributed by atoms with Gasteiger partial charge >= 0.3 is 0 Å². The van der Waals surface area contributed by atoms with Gasteiger partial charge in [0.25, 0.3) is 0 Å². The molecule has 3 atom stereocenters. The third kappa shape index (κ3) is 3.75. The van der Waals surface area contributed by atoms with Crippen molar-refractivity contribution in [1.82, 2.24) is 4.90 Å². The number of hydrogen-bond donors (Lipinski definition) is 1. The summed E-state index contributed by atoms with van der Waals surface area (Å²) in [6.07, 6.45) is 3.75. The summed E-state index contributed by atoms with van der Waals surface area (Å²) in [5.74, 6) is 12.2. The van der Waals surface area contributed by atoms with Crippen LogP contribution in [-0.2, 0) is 9.22 Å². The average Bonchev–Trinajstić information content (AvgIpc) is 2.49. The number of allylic oxidation sites excluding steroid dienone is 2. The Bertz CT molecular complexity index is 640. The lowest BCUT2D eigenvalue weighted by atomic mass is 9.81. The number of nitrogens with zero attached hydrogens (tertiary/aromatic N) is 1. The van der Waals surface area contributed by atoms with Gasteiger partial charge in [0.2, 0.25) is 5.91 Å². The number of β-lactam (4-membered cyclic amide) rings is 1. The van der Waals surface area contributed by atoms with Gasteiger partial charge in [0.05, 0.1) is 12.0 Å². The normalized spacial score (nSPS) is 27.8. The molecule has 1 heterocycles. The van der Waals surface area contributed by atoms with E-state index in [9.17, 15) is 4.79 Å². The predicted octanol–water partition coefficient (Wildman–Crippen LogP) is 2.13. The van der Waals surface area contributed by atoms with E-state index in [-0.39, 0.29) is 29.0 Å². The first-order chi connectivity index (χ1) is 11.2. The molecule has 1 saturated heterocycles. The van der Waals surface area contributed by atoms with Crippen molar-refractivity contribution in [3.63, 3.8) is 0 Å². The zero-order chi connectivity index (χ0) is 18.0. The van der Waals surface area contributed by atoms with Crippen molar-refractivity contribution in [3.8, 4) is 23.7 Å². The molecule has 1 aliphatic carbocycles. The van der Waals surface area contributed by atoms with Crippen LogP contribution < -0.4 is 5.73 Å². The molecule has 2 rings (SSSR count). The molecule has 5 heteroatoms. The summed E-state index contributed by atoms with van der Waals surface area (Å²) in [5.41, 5.74) is 5.69. The molecule has 24 heavy (non-hydrogen) atoms. The maximum absolute atomic E-state index is 12.4. The minimum Gasteiger partial charge on any atom is -0.401 e. The van der Waals surface area contributed by atoms with Gasteiger partial charge in [0.1, 0.15) is 6.10 Å². The Morgan fingerprint density at radius 3 is 2.62 bits per heavy atom. The lowest BCUT2D eigenvalue weighted by Gasteiger charge is -2.51. The molecule has 130 valence electrons. The second-order valence-corrected chi connectivity index (χ2v) is 12.6. The van der Waals surface area contributed by atoms with Gasteiger partial charge < -0.3 is 15.1 Å². The first-order valence-corrected chi connectivity index (χ1v) is 11.4. The second-order valence-electron chi connectivity index (χ2n) is 7.86. The molecule has 0 unspecified atom stereocenters. The summed E-state index contributed by atoms with van der Waals surface area (Å²) < 4.78 is 6.58. The summed E-state index contributed by atoms with van der Waals surface area (Å²) in [7, 11) is -2.00. The highest BCUT2D eigenvalue weighted by atomic mass is 28.4. The van der Waals surface area contributed by atoms with E-state index in [0.29, 0.717) is 19.5 Å². The Kier molecular flexibility index (Phi) is 5.60. The molecule has 1 amide bonds. The van der Waals surface area contributed by atoms with Crippen LogP contribution in [0.15, 0.2) is 12.2 Å². The quantitative estimate of drug-likeness (QED) is 0.483. The van der Waals surface area contributed by atoms with Crippen molar-refractivity contribution in [2.24, 2.45) is 11.7 Å². The number of carbonyl (C=O) groups excluding carboxylic acids is 1. The Morgan fingerprint density at radius 2 is 2.00 bits per heavy atom. The number of carbonyl (C=O) groups is 1. The molecule has 1 aliphatic heterocycles. The molecule has 0 bridgehead atoms. The van der Waals surface area contributed by atoms with Crippen molar-refractivity contribution < 1.29 is 9.22 Å². The monoisotopic (exact) mass is 344 g/mol. The van der Waals surface area contributed by atoms with E-state index in [1.165, 1.54) is 0 Å². The smallest absolute Gasteiger partial charge is 0.229 e. The fourth-order valence-corrected chi connectivity index (χ4v) is 3.93.